The molecule has 1 heteroatoms. The van der Waals surface area contributed by atoms with Crippen LogP contribution in [-0.2, 0) is 10.2 Å². The van der Waals surface area contributed by atoms with Gasteiger partial charge in [0, 0.05) is 6.42 Å². The van der Waals surface area contributed by atoms with Crippen molar-refractivity contribution in [3.63, 3.8) is 0 Å². The molecule has 1 unspecified atom stereocenters. The summed E-state index contributed by atoms with van der Waals surface area (Å²) in [7, 11) is 0. The van der Waals surface area contributed by atoms with Crippen LogP contribution in [0.15, 0.2) is 30.3 Å². The second kappa shape index (κ2) is 7.06. The summed E-state index contributed by atoms with van der Waals surface area (Å²) in [4.78, 5) is 12.9. The molecule has 1 aliphatic rings. The monoisotopic (exact) mass is 272 g/mol. The zero-order chi connectivity index (χ0) is 14.4. The molecule has 0 amide bonds. The Labute approximate surface area is 123 Å². The van der Waals surface area contributed by atoms with Crippen molar-refractivity contribution in [1.29, 1.82) is 0 Å². The molecule has 1 aliphatic carbocycles. The molecule has 0 spiro atoms. The van der Waals surface area contributed by atoms with Gasteiger partial charge < -0.3 is 0 Å². The number of ketones is 1. The molecular weight excluding hydrogens is 244 g/mol. The fourth-order valence-electron chi connectivity index (χ4n) is 3.42. The lowest BCUT2D eigenvalue weighted by molar-refractivity contribution is -0.128. The Morgan fingerprint density at radius 2 is 1.90 bits per heavy atom. The average Bonchev–Trinajstić information content (AvgIpc) is 2.43. The number of benzene rings is 1. The van der Waals surface area contributed by atoms with Crippen LogP contribution in [0.2, 0.25) is 0 Å². The maximum absolute atomic E-state index is 12.9. The van der Waals surface area contributed by atoms with E-state index in [4.69, 9.17) is 0 Å². The van der Waals surface area contributed by atoms with E-state index in [-0.39, 0.29) is 5.41 Å². The molecule has 20 heavy (non-hydrogen) atoms. The first-order valence-corrected chi connectivity index (χ1v) is 8.31. The normalized spacial score (nSPS) is 18.3. The highest BCUT2D eigenvalue weighted by molar-refractivity contribution is 5.91. The zero-order valence-electron chi connectivity index (χ0n) is 13.0. The number of carbonyl (C=O) groups excluding carboxylic acids is 1. The van der Waals surface area contributed by atoms with E-state index in [1.165, 1.54) is 31.2 Å². The van der Waals surface area contributed by atoms with Crippen LogP contribution in [0.25, 0.3) is 0 Å². The third kappa shape index (κ3) is 3.13. The maximum atomic E-state index is 12.9. The lowest BCUT2D eigenvalue weighted by Crippen LogP contribution is -2.43. The van der Waals surface area contributed by atoms with Crippen LogP contribution in [0.1, 0.15) is 70.8 Å². The molecule has 0 radical (unpaired) electrons. The van der Waals surface area contributed by atoms with Gasteiger partial charge in [-0.2, -0.15) is 0 Å². The molecule has 0 bridgehead atoms. The summed E-state index contributed by atoms with van der Waals surface area (Å²) < 4.78 is 0. The highest BCUT2D eigenvalue weighted by atomic mass is 16.1. The summed E-state index contributed by atoms with van der Waals surface area (Å²) in [6.45, 7) is 4.45. The minimum absolute atomic E-state index is 0.138. The third-order valence-electron chi connectivity index (χ3n) is 5.08. The van der Waals surface area contributed by atoms with Crippen molar-refractivity contribution in [3.05, 3.63) is 35.9 Å². The second-order valence-corrected chi connectivity index (χ2v) is 6.35. The molecule has 1 nitrogen and oxygen atoms in total. The highest BCUT2D eigenvalue weighted by Gasteiger charge is 2.45. The predicted octanol–water partition coefficient (Wildman–Crippen LogP) is 5.28. The Hall–Kier alpha value is -1.11. The largest absolute Gasteiger partial charge is 0.299 e. The van der Waals surface area contributed by atoms with Gasteiger partial charge in [0.05, 0.1) is 5.41 Å². The number of hydrogen-bond acceptors (Lipinski definition) is 1. The first-order valence-electron chi connectivity index (χ1n) is 8.31. The van der Waals surface area contributed by atoms with Gasteiger partial charge in [0.15, 0.2) is 0 Å². The molecule has 2 rings (SSSR count). The van der Waals surface area contributed by atoms with E-state index in [9.17, 15) is 4.79 Å². The molecule has 0 aromatic heterocycles. The number of carbonyl (C=O) groups is 1. The van der Waals surface area contributed by atoms with E-state index in [1.54, 1.807) is 0 Å². The Balaban J connectivity index is 2.06. The van der Waals surface area contributed by atoms with Gasteiger partial charge in [-0.25, -0.2) is 0 Å². The molecule has 1 fully saturated rings. The first-order chi connectivity index (χ1) is 9.73. The summed E-state index contributed by atoms with van der Waals surface area (Å²) in [6, 6.07) is 10.5. The minimum Gasteiger partial charge on any atom is -0.299 e. The molecule has 1 saturated carbocycles. The second-order valence-electron chi connectivity index (χ2n) is 6.35. The van der Waals surface area contributed by atoms with Crippen molar-refractivity contribution in [2.75, 3.05) is 0 Å². The first kappa shape index (κ1) is 15.3. The molecule has 0 N–H and O–H groups in total. The van der Waals surface area contributed by atoms with Gasteiger partial charge in [0.25, 0.3) is 0 Å². The van der Waals surface area contributed by atoms with Gasteiger partial charge in [-0.3, -0.25) is 4.79 Å². The van der Waals surface area contributed by atoms with Crippen LogP contribution in [0.5, 0.6) is 0 Å². The molecule has 1 aromatic carbocycles. The molecular formula is C19H28O. The lowest BCUT2D eigenvalue weighted by Gasteiger charge is -2.41. The summed E-state index contributed by atoms with van der Waals surface area (Å²) in [5.41, 5.74) is 1.11. The van der Waals surface area contributed by atoms with Crippen molar-refractivity contribution in [1.82, 2.24) is 0 Å². The summed E-state index contributed by atoms with van der Waals surface area (Å²) in [5.74, 6) is 1.08. The van der Waals surface area contributed by atoms with Crippen LogP contribution >= 0.6 is 0 Å². The Morgan fingerprint density at radius 1 is 1.20 bits per heavy atom. The van der Waals surface area contributed by atoms with E-state index < -0.39 is 0 Å². The summed E-state index contributed by atoms with van der Waals surface area (Å²) in [5, 5.41) is 0. The van der Waals surface area contributed by atoms with Gasteiger partial charge in [-0.05, 0) is 24.3 Å². The Morgan fingerprint density at radius 3 is 2.40 bits per heavy atom. The predicted molar refractivity (Wildman–Crippen MR) is 84.9 cm³/mol. The standard InChI is InChI=1S/C19H28O/c1-3-5-10-16(4-2)15-18(20)19(13-9-14-19)17-11-7-6-8-12-17/h6-8,11-12,16H,3-5,9-10,13-15H2,1-2H3. The van der Waals surface area contributed by atoms with E-state index in [0.29, 0.717) is 11.7 Å². The number of rotatable bonds is 8. The van der Waals surface area contributed by atoms with Gasteiger partial charge >= 0.3 is 0 Å². The average molecular weight is 272 g/mol. The fourth-order valence-corrected chi connectivity index (χ4v) is 3.42. The van der Waals surface area contributed by atoms with E-state index in [1.807, 2.05) is 6.07 Å². The van der Waals surface area contributed by atoms with E-state index in [0.717, 1.165) is 25.7 Å². The molecule has 1 atom stereocenters. The molecule has 0 saturated heterocycles. The van der Waals surface area contributed by atoms with Gasteiger partial charge in [-0.1, -0.05) is 76.3 Å². The lowest BCUT2D eigenvalue weighted by atomic mass is 9.60. The van der Waals surface area contributed by atoms with Crippen molar-refractivity contribution in [2.45, 2.75) is 70.6 Å². The SMILES string of the molecule is CCCCC(CC)CC(=O)C1(c2ccccc2)CCC1. The van der Waals surface area contributed by atoms with Crippen molar-refractivity contribution >= 4 is 5.78 Å². The zero-order valence-corrected chi connectivity index (χ0v) is 13.0. The summed E-state index contributed by atoms with van der Waals surface area (Å²) >= 11 is 0. The Kier molecular flexibility index (Phi) is 5.39. The smallest absolute Gasteiger partial charge is 0.143 e. The fraction of sp³-hybridized carbons (Fsp3) is 0.632. The van der Waals surface area contributed by atoms with Crippen LogP contribution < -0.4 is 0 Å². The van der Waals surface area contributed by atoms with Gasteiger partial charge in [0.1, 0.15) is 5.78 Å². The van der Waals surface area contributed by atoms with E-state index >= 15 is 0 Å². The third-order valence-corrected chi connectivity index (χ3v) is 5.08. The Bertz CT molecular complexity index is 417. The molecule has 0 heterocycles. The molecule has 1 aromatic rings. The van der Waals surface area contributed by atoms with Gasteiger partial charge in [0.2, 0.25) is 0 Å². The number of hydrogen-bond donors (Lipinski definition) is 0. The minimum atomic E-state index is -0.138. The van der Waals surface area contributed by atoms with Crippen molar-refractivity contribution < 1.29 is 4.79 Å². The van der Waals surface area contributed by atoms with Crippen molar-refractivity contribution in [3.8, 4) is 0 Å². The maximum Gasteiger partial charge on any atom is 0.143 e. The van der Waals surface area contributed by atoms with Crippen LogP contribution in [-0.4, -0.2) is 5.78 Å². The van der Waals surface area contributed by atoms with Crippen molar-refractivity contribution in [2.24, 2.45) is 5.92 Å². The molecule has 110 valence electrons. The van der Waals surface area contributed by atoms with Gasteiger partial charge in [-0.15, -0.1) is 0 Å². The molecule has 0 aliphatic heterocycles. The van der Waals surface area contributed by atoms with Crippen LogP contribution in [0, 0.1) is 5.92 Å². The van der Waals surface area contributed by atoms with Crippen LogP contribution in [0.3, 0.4) is 0 Å². The topological polar surface area (TPSA) is 17.1 Å². The van der Waals surface area contributed by atoms with Crippen LogP contribution in [0.4, 0.5) is 0 Å². The quantitative estimate of drug-likeness (QED) is 0.629. The number of unbranched alkanes of at least 4 members (excludes halogenated alkanes) is 1. The van der Waals surface area contributed by atoms with E-state index in [2.05, 4.69) is 38.1 Å². The summed E-state index contributed by atoms with van der Waals surface area (Å²) in [6.07, 6.45) is 8.93. The number of Topliss-reactive ketones (excluding diaryl/α,β-unsaturated/α-hetero) is 1. The highest BCUT2D eigenvalue weighted by Crippen LogP contribution is 2.46.